The van der Waals surface area contributed by atoms with Crippen LogP contribution >= 0.6 is 38.4 Å². The molecule has 0 aromatic heterocycles. The number of amides is 8. The van der Waals surface area contributed by atoms with E-state index in [4.69, 9.17) is 83.0 Å². The van der Waals surface area contributed by atoms with Crippen LogP contribution in [0.25, 0.3) is 11.1 Å². The molecule has 124 heavy (non-hydrogen) atoms. The Hall–Kier alpha value is -9.55. The van der Waals surface area contributed by atoms with Gasteiger partial charge in [0.05, 0.1) is 53.5 Å². The number of halogens is 2. The number of primary amides is 1. The zero-order valence-corrected chi connectivity index (χ0v) is 70.1. The summed E-state index contributed by atoms with van der Waals surface area (Å²) in [4.78, 5) is 175. The van der Waals surface area contributed by atoms with Gasteiger partial charge in [-0.3, -0.25) is 47.5 Å². The van der Waals surface area contributed by atoms with Gasteiger partial charge in [0.15, 0.2) is 42.8 Å². The van der Waals surface area contributed by atoms with Crippen molar-refractivity contribution in [1.82, 2.24) is 42.5 Å². The van der Waals surface area contributed by atoms with Crippen molar-refractivity contribution in [2.45, 2.75) is 206 Å². The van der Waals surface area contributed by atoms with Gasteiger partial charge < -0.3 is 168 Å². The number of phenolic OH excluding ortho intramolecular Hbond substituents is 3. The van der Waals surface area contributed by atoms with Gasteiger partial charge in [0.1, 0.15) is 89.5 Å². The van der Waals surface area contributed by atoms with Crippen LogP contribution in [-0.2, 0) is 80.7 Å². The molecular formula is C76H95Cl2N11O33P2. The number of aliphatic hydroxyl groups is 6. The molecule has 0 saturated carbocycles. The topological polar surface area (TPSA) is 708 Å². The molecule has 22 atom stereocenters. The summed E-state index contributed by atoms with van der Waals surface area (Å²) in [5, 5.41) is 123. The number of likely N-dealkylation sites (N-methyl/N-ethyl adjacent to an activating group) is 1. The van der Waals surface area contributed by atoms with Crippen LogP contribution in [-0.4, -0.2) is 247 Å². The zero-order chi connectivity index (χ0) is 91.2. The fraction of sp³-hybridized carbons (Fsp3) is 0.487. The molecule has 8 amide bonds. The van der Waals surface area contributed by atoms with Crippen molar-refractivity contribution in [3.8, 4) is 57.1 Å². The second-order valence-corrected chi connectivity index (χ2v) is 36.3. The zero-order valence-electron chi connectivity index (χ0n) is 66.8. The Labute approximate surface area is 714 Å². The van der Waals surface area contributed by atoms with E-state index in [1.165, 1.54) is 46.1 Å². The lowest BCUT2D eigenvalue weighted by Gasteiger charge is -2.47. The summed E-state index contributed by atoms with van der Waals surface area (Å²) in [7, 11) is -10.4. The second-order valence-electron chi connectivity index (χ2n) is 31.6. The van der Waals surface area contributed by atoms with Crippen molar-refractivity contribution in [2.24, 2.45) is 23.1 Å². The van der Waals surface area contributed by atoms with Crippen LogP contribution in [0.15, 0.2) is 78.9 Å². The Morgan fingerprint density at radius 1 is 0.653 bits per heavy atom. The molecule has 5 aromatic carbocycles. The van der Waals surface area contributed by atoms with Gasteiger partial charge >= 0.3 is 21.2 Å². The minimum atomic E-state index is -5.93. The smallest absolute Gasteiger partial charge is 0.360 e. The summed E-state index contributed by atoms with van der Waals surface area (Å²) >= 11 is 14.5. The van der Waals surface area contributed by atoms with Crippen molar-refractivity contribution >= 4 is 91.6 Å². The largest absolute Gasteiger partial charge is 0.508 e. The first kappa shape index (κ1) is 95.1. The van der Waals surface area contributed by atoms with Gasteiger partial charge in [0.2, 0.25) is 58.9 Å². The van der Waals surface area contributed by atoms with E-state index >= 15 is 24.0 Å². The highest BCUT2D eigenvalue weighted by Crippen LogP contribution is 2.58. The van der Waals surface area contributed by atoms with E-state index in [0.717, 1.165) is 60.7 Å². The molecule has 48 heteroatoms. The fourth-order valence-corrected chi connectivity index (χ4v) is 17.7. The van der Waals surface area contributed by atoms with Crippen molar-refractivity contribution in [3.63, 3.8) is 0 Å². The van der Waals surface area contributed by atoms with Crippen molar-refractivity contribution in [1.29, 1.82) is 0 Å². The van der Waals surface area contributed by atoms with Crippen LogP contribution in [0.4, 0.5) is 0 Å². The van der Waals surface area contributed by atoms with E-state index in [-0.39, 0.29) is 29.9 Å². The lowest BCUT2D eigenvalue weighted by Crippen LogP contribution is -2.64. The first-order chi connectivity index (χ1) is 58.0. The van der Waals surface area contributed by atoms with Crippen LogP contribution in [0.1, 0.15) is 125 Å². The second kappa shape index (κ2) is 37.9. The molecule has 44 nitrogen and oxygen atoms in total. The maximum Gasteiger partial charge on any atom is 0.360 e. The quantitative estimate of drug-likeness (QED) is 0.0313. The molecule has 27 N–H and O–H groups in total. The van der Waals surface area contributed by atoms with Crippen molar-refractivity contribution in [2.75, 3.05) is 20.3 Å². The molecule has 3 fully saturated rings. The summed E-state index contributed by atoms with van der Waals surface area (Å²) in [6.07, 6.45) is -24.2. The van der Waals surface area contributed by atoms with E-state index in [2.05, 4.69) is 37.2 Å². The van der Waals surface area contributed by atoms with Crippen LogP contribution < -0.4 is 73.9 Å². The number of benzene rings is 5. The first-order valence-corrected chi connectivity index (χ1v) is 42.5. The number of nitrogens with one attached hydrogen (secondary N) is 8. The molecule has 8 aliphatic heterocycles. The van der Waals surface area contributed by atoms with Crippen LogP contribution in [0.5, 0.6) is 46.0 Å². The maximum absolute atomic E-state index is 16.5. The SMILES string of the molecule is CNC(CC(C)C)C(=O)NC1C(=O)NC(CC(N)=O)C(=O)NC2C(=O)NC3C(=O)NC(C(=O)N[C@@H](C(=O)OCC(=O)NC(P(=O)(O)O)P(=O)(O)O)c4cc(O)cc(O)c4-c4cc3ccc4O)[C@H](OC3CC(C)(N)C(O)C(C)O3)c3ccc(c(Cl)c3)Oc3cc2cc(c3OC2OC(CO)C(O)C(O)C2OC2CC(C)(N)C(O)C(C)O2)Oc2ccc(cc2Cl)[C@@H]1O. The number of hydrogen-bond donors (Lipinski definition) is 24. The molecule has 3 saturated heterocycles. The van der Waals surface area contributed by atoms with E-state index < -0.39 is 317 Å². The Bertz CT molecular complexity index is 5020. The molecule has 5 aromatic rings. The predicted molar refractivity (Wildman–Crippen MR) is 425 cm³/mol. The number of fused-ring (bicyclic) bond motifs is 15. The predicted octanol–water partition coefficient (Wildman–Crippen LogP) is -1.44. The molecule has 8 heterocycles. The van der Waals surface area contributed by atoms with E-state index in [0.29, 0.717) is 12.1 Å². The highest BCUT2D eigenvalue weighted by molar-refractivity contribution is 7.70. The van der Waals surface area contributed by atoms with E-state index in [1.54, 1.807) is 13.8 Å². The minimum absolute atomic E-state index is 0.151. The Morgan fingerprint density at radius 3 is 1.77 bits per heavy atom. The third-order valence-corrected chi connectivity index (χ3v) is 25.3. The highest BCUT2D eigenvalue weighted by Gasteiger charge is 2.53. The van der Waals surface area contributed by atoms with E-state index in [9.17, 15) is 93.8 Å². The third-order valence-electron chi connectivity index (χ3n) is 21.4. The van der Waals surface area contributed by atoms with Gasteiger partial charge in [-0.2, -0.15) is 0 Å². The highest BCUT2D eigenvalue weighted by atomic mass is 35.5. The first-order valence-electron chi connectivity index (χ1n) is 38.4. The monoisotopic (exact) mass is 1820 g/mol. The maximum atomic E-state index is 16.5. The summed E-state index contributed by atoms with van der Waals surface area (Å²) in [5.74, 6) is -19.5. The number of nitrogens with two attached hydrogens (primary N) is 3. The van der Waals surface area contributed by atoms with Crippen LogP contribution in [0.2, 0.25) is 10.0 Å². The summed E-state index contributed by atoms with van der Waals surface area (Å²) < 4.78 is 81.4. The van der Waals surface area contributed by atoms with Gasteiger partial charge in [-0.05, 0) is 124 Å². The summed E-state index contributed by atoms with van der Waals surface area (Å²) in [6, 6.07) is -2.53. The molecule has 0 aliphatic carbocycles. The number of phenols is 3. The summed E-state index contributed by atoms with van der Waals surface area (Å²) in [5.41, 5.74) is 8.97. The number of carbonyl (C=O) groups excluding carboxylic acids is 9. The normalized spacial score (nSPS) is 30.2. The standard InChI is InChI=1S/C76H95Cl2N11O33P2/c1-27(2)14-39(82-7)66(101)88-56-58(96)31-9-12-43(37(77)16-31)117-45-18-33-19-46(62(45)122-73-63(60(98)59(97)47(25-90)119-73)121-51-24-76(6,81)65(100)29(4)116-51)118-44-13-10-32(17-38(44)78)61(120-50-23-75(5,80)64(99)28(3)115-50)57-71(106)87-55(72(107)114-26-49(95)84-74(123(108,109)110)124(111,112)113)36-20-34(91)21-42(93)52(36)35-15-30(8-11-41(35)92)53(68(103)89-57)86-69(104)54(33)85-67(102)40(22-48(79)94)83-70(56)105/h8-13,15-21,27-29,39-40,47,50-51,53-61,63-65,73-74,82,90-93,96-100H,14,22-26,80-81H2,1-7H3,(H2,79,94)(H,83,105)(H,84,95)(H,85,102)(H,86,104)(H,87,106)(H,88,101)(H,89,103)(H2,108,109,110)(H2,111,112,113)/t28?,29?,39?,40?,47?,50?,51?,53?,54?,55-,56?,57?,58+,59?,60?,61-,63?,64?,65?,73?,75?,76?/m1/s1. The number of hydrogen-bond acceptors (Lipinski definition) is 32. The number of ether oxygens (including phenoxy) is 9. The Morgan fingerprint density at radius 2 is 1.21 bits per heavy atom. The number of aliphatic hydroxyl groups excluding tert-OH is 6. The van der Waals surface area contributed by atoms with Crippen LogP contribution in [0, 0.1) is 5.92 Å². The molecule has 11 bridgehead atoms. The van der Waals surface area contributed by atoms with Gasteiger partial charge in [-0.1, -0.05) is 55.2 Å². The average molecular weight is 1820 g/mol. The molecule has 19 unspecified atom stereocenters. The fourth-order valence-electron chi connectivity index (χ4n) is 15.0. The molecule has 13 rings (SSSR count). The molecule has 0 spiro atoms. The van der Waals surface area contributed by atoms with E-state index in [1.807, 2.05) is 0 Å². The van der Waals surface area contributed by atoms with Gasteiger partial charge in [-0.25, -0.2) is 4.79 Å². The number of esters is 1. The van der Waals surface area contributed by atoms with Gasteiger partial charge in [0, 0.05) is 46.7 Å². The summed E-state index contributed by atoms with van der Waals surface area (Å²) in [6.45, 7) is 6.57. The molecule has 8 aliphatic rings. The van der Waals surface area contributed by atoms with Gasteiger partial charge in [-0.15, -0.1) is 0 Å². The van der Waals surface area contributed by atoms with Crippen molar-refractivity contribution in [3.05, 3.63) is 117 Å². The lowest BCUT2D eigenvalue weighted by atomic mass is 9.86. The van der Waals surface area contributed by atoms with Gasteiger partial charge in [0.25, 0.3) is 5.91 Å². The number of rotatable bonds is 20. The molecular weight excluding hydrogens is 1730 g/mol. The Kier molecular flexibility index (Phi) is 29.1. The minimum Gasteiger partial charge on any atom is -0.508 e. The molecule has 676 valence electrons. The van der Waals surface area contributed by atoms with Crippen LogP contribution in [0.3, 0.4) is 0 Å². The Balaban J connectivity index is 1.18. The number of carbonyl (C=O) groups is 9. The lowest BCUT2D eigenvalue weighted by molar-refractivity contribution is -0.333. The molecule has 0 radical (unpaired) electrons. The number of aromatic hydroxyl groups is 3. The average Bonchev–Trinajstić information content (AvgIpc) is 0.762. The van der Waals surface area contributed by atoms with Crippen molar-refractivity contribution < 1.29 is 160 Å². The third kappa shape index (κ3) is 21.2.